The van der Waals surface area contributed by atoms with Crippen molar-refractivity contribution in [3.8, 4) is 5.75 Å². The summed E-state index contributed by atoms with van der Waals surface area (Å²) in [5.41, 5.74) is 1.25. The molecule has 0 saturated carbocycles. The molecular formula is C23H35N3O2. The highest BCUT2D eigenvalue weighted by Gasteiger charge is 2.28. The summed E-state index contributed by atoms with van der Waals surface area (Å²) in [4.78, 5) is 17.5. The average Bonchev–Trinajstić information content (AvgIpc) is 3.23. The van der Waals surface area contributed by atoms with Gasteiger partial charge >= 0.3 is 0 Å². The van der Waals surface area contributed by atoms with Crippen molar-refractivity contribution >= 4 is 5.91 Å². The first-order valence-electron chi connectivity index (χ1n) is 10.6. The fourth-order valence-electron chi connectivity index (χ4n) is 4.24. The Balaban J connectivity index is 1.52. The summed E-state index contributed by atoms with van der Waals surface area (Å²) in [6, 6.07) is 8.14. The van der Waals surface area contributed by atoms with Crippen molar-refractivity contribution in [2.45, 2.75) is 39.3 Å². The highest BCUT2D eigenvalue weighted by Crippen LogP contribution is 2.24. The summed E-state index contributed by atoms with van der Waals surface area (Å²) in [7, 11) is 1.74. The zero-order chi connectivity index (χ0) is 19.9. The molecule has 1 aromatic rings. The minimum Gasteiger partial charge on any atom is -0.496 e. The number of para-hydroxylation sites is 1. The van der Waals surface area contributed by atoms with Gasteiger partial charge in [0.25, 0.3) is 0 Å². The molecule has 2 heterocycles. The standard InChI is InChI=1S/C23H35N3O2/c1-18(2)15-26(23(27)21-8-6-12-24-21)16-19-10-13-25(14-11-19)17-20-7-4-5-9-22(20)28-3/h4-9,18-19,21,24H,10-17H2,1-3H3/t21-/m1/s1. The first-order valence-corrected chi connectivity index (χ1v) is 10.6. The van der Waals surface area contributed by atoms with Gasteiger partial charge in [0.05, 0.1) is 7.11 Å². The van der Waals surface area contributed by atoms with E-state index in [0.717, 1.165) is 57.9 Å². The number of carbonyl (C=O) groups is 1. The number of carbonyl (C=O) groups excluding carboxylic acids is 1. The van der Waals surface area contributed by atoms with Gasteiger partial charge in [-0.15, -0.1) is 0 Å². The summed E-state index contributed by atoms with van der Waals surface area (Å²) in [6.07, 6.45) is 6.34. The molecule has 0 radical (unpaired) electrons. The van der Waals surface area contributed by atoms with Gasteiger partial charge in [-0.3, -0.25) is 15.0 Å². The Morgan fingerprint density at radius 3 is 2.68 bits per heavy atom. The van der Waals surface area contributed by atoms with Gasteiger partial charge in [0.2, 0.25) is 5.91 Å². The molecule has 2 aliphatic rings. The maximum absolute atomic E-state index is 12.9. The van der Waals surface area contributed by atoms with Crippen LogP contribution in [0.2, 0.25) is 0 Å². The van der Waals surface area contributed by atoms with Gasteiger partial charge in [0.1, 0.15) is 11.8 Å². The van der Waals surface area contributed by atoms with Gasteiger partial charge in [-0.2, -0.15) is 0 Å². The topological polar surface area (TPSA) is 44.8 Å². The van der Waals surface area contributed by atoms with E-state index in [4.69, 9.17) is 4.74 Å². The number of nitrogens with zero attached hydrogens (tertiary/aromatic N) is 2. The molecule has 0 aromatic heterocycles. The molecule has 5 nitrogen and oxygen atoms in total. The average molecular weight is 386 g/mol. The van der Waals surface area contributed by atoms with Crippen LogP contribution < -0.4 is 10.1 Å². The molecule has 1 aromatic carbocycles. The second kappa shape index (κ2) is 10.1. The highest BCUT2D eigenvalue weighted by molar-refractivity contribution is 5.84. The largest absolute Gasteiger partial charge is 0.496 e. The van der Waals surface area contributed by atoms with Gasteiger partial charge in [0.15, 0.2) is 0 Å². The Bertz CT molecular complexity index is 666. The number of hydrogen-bond donors (Lipinski definition) is 1. The molecule has 3 rings (SSSR count). The number of benzene rings is 1. The van der Waals surface area contributed by atoms with Crippen LogP contribution in [-0.4, -0.2) is 61.6 Å². The van der Waals surface area contributed by atoms with Crippen molar-refractivity contribution < 1.29 is 9.53 Å². The molecule has 1 saturated heterocycles. The second-order valence-electron chi connectivity index (χ2n) is 8.48. The number of methoxy groups -OCH3 is 1. The number of likely N-dealkylation sites (tertiary alicyclic amines) is 1. The third-order valence-electron chi connectivity index (χ3n) is 5.72. The number of amides is 1. The van der Waals surface area contributed by atoms with Crippen LogP contribution in [0.4, 0.5) is 0 Å². The van der Waals surface area contributed by atoms with Gasteiger partial charge in [0, 0.05) is 31.7 Å². The summed E-state index contributed by atoms with van der Waals surface area (Å²) in [6.45, 7) is 9.98. The van der Waals surface area contributed by atoms with E-state index in [1.165, 1.54) is 5.56 Å². The molecular weight excluding hydrogens is 350 g/mol. The first-order chi connectivity index (χ1) is 13.6. The molecule has 1 amide bonds. The molecule has 2 aliphatic heterocycles. The molecule has 1 atom stereocenters. The van der Waals surface area contributed by atoms with Crippen molar-refractivity contribution in [1.82, 2.24) is 15.1 Å². The Hall–Kier alpha value is -1.85. The summed E-state index contributed by atoms with van der Waals surface area (Å²) < 4.78 is 5.49. The van der Waals surface area contributed by atoms with Crippen molar-refractivity contribution in [1.29, 1.82) is 0 Å². The third-order valence-corrected chi connectivity index (χ3v) is 5.72. The van der Waals surface area contributed by atoms with Gasteiger partial charge in [-0.1, -0.05) is 44.2 Å². The van der Waals surface area contributed by atoms with Crippen molar-refractivity contribution in [3.05, 3.63) is 42.0 Å². The monoisotopic (exact) mass is 385 g/mol. The second-order valence-corrected chi connectivity index (χ2v) is 8.48. The van der Waals surface area contributed by atoms with E-state index < -0.39 is 0 Å². The van der Waals surface area contributed by atoms with E-state index in [2.05, 4.69) is 41.1 Å². The predicted molar refractivity (Wildman–Crippen MR) is 113 cm³/mol. The lowest BCUT2D eigenvalue weighted by molar-refractivity contribution is -0.133. The smallest absolute Gasteiger partial charge is 0.243 e. The fourth-order valence-corrected chi connectivity index (χ4v) is 4.24. The maximum Gasteiger partial charge on any atom is 0.243 e. The maximum atomic E-state index is 12.9. The van der Waals surface area contributed by atoms with Crippen molar-refractivity contribution in [3.63, 3.8) is 0 Å². The van der Waals surface area contributed by atoms with E-state index in [1.807, 2.05) is 24.3 Å². The van der Waals surface area contributed by atoms with Crippen LogP contribution in [0.15, 0.2) is 36.4 Å². The van der Waals surface area contributed by atoms with Crippen LogP contribution in [0.1, 0.15) is 32.3 Å². The lowest BCUT2D eigenvalue weighted by Gasteiger charge is -2.36. The Morgan fingerprint density at radius 1 is 1.29 bits per heavy atom. The van der Waals surface area contributed by atoms with E-state index in [1.54, 1.807) is 7.11 Å². The number of piperidine rings is 1. The van der Waals surface area contributed by atoms with Crippen LogP contribution in [0.3, 0.4) is 0 Å². The number of hydrogen-bond acceptors (Lipinski definition) is 4. The number of ether oxygens (including phenoxy) is 1. The number of rotatable bonds is 8. The lowest BCUT2D eigenvalue weighted by Crippen LogP contribution is -2.48. The molecule has 0 unspecified atom stereocenters. The van der Waals surface area contributed by atoms with Crippen LogP contribution in [0.25, 0.3) is 0 Å². The van der Waals surface area contributed by atoms with Gasteiger partial charge in [-0.05, 0) is 43.8 Å². The molecule has 0 bridgehead atoms. The van der Waals surface area contributed by atoms with E-state index in [-0.39, 0.29) is 11.9 Å². The fraction of sp³-hybridized carbons (Fsp3) is 0.609. The summed E-state index contributed by atoms with van der Waals surface area (Å²) in [5.74, 6) is 2.27. The Kier molecular flexibility index (Phi) is 7.51. The quantitative estimate of drug-likeness (QED) is 0.699. The first kappa shape index (κ1) is 20.9. The van der Waals surface area contributed by atoms with Crippen molar-refractivity contribution in [2.24, 2.45) is 11.8 Å². The zero-order valence-electron chi connectivity index (χ0n) is 17.6. The molecule has 1 fully saturated rings. The normalized spacial score (nSPS) is 20.6. The summed E-state index contributed by atoms with van der Waals surface area (Å²) in [5, 5.41) is 3.27. The van der Waals surface area contributed by atoms with Crippen LogP contribution in [-0.2, 0) is 11.3 Å². The zero-order valence-corrected chi connectivity index (χ0v) is 17.6. The summed E-state index contributed by atoms with van der Waals surface area (Å²) >= 11 is 0. The Morgan fingerprint density at radius 2 is 2.04 bits per heavy atom. The SMILES string of the molecule is COc1ccccc1CN1CCC(CN(CC(C)C)C(=O)[C@H]2C=CCN2)CC1. The Labute approximate surface area is 169 Å². The molecule has 0 aliphatic carbocycles. The lowest BCUT2D eigenvalue weighted by atomic mass is 9.95. The van der Waals surface area contributed by atoms with E-state index in [9.17, 15) is 4.79 Å². The van der Waals surface area contributed by atoms with Crippen LogP contribution in [0.5, 0.6) is 5.75 Å². The molecule has 28 heavy (non-hydrogen) atoms. The highest BCUT2D eigenvalue weighted by atomic mass is 16.5. The predicted octanol–water partition coefficient (Wildman–Crippen LogP) is 2.92. The van der Waals surface area contributed by atoms with Gasteiger partial charge in [-0.25, -0.2) is 0 Å². The third kappa shape index (κ3) is 5.58. The molecule has 5 heteroatoms. The van der Waals surface area contributed by atoms with Crippen molar-refractivity contribution in [2.75, 3.05) is 39.8 Å². The van der Waals surface area contributed by atoms with Crippen LogP contribution in [0, 0.1) is 11.8 Å². The minimum absolute atomic E-state index is 0.135. The molecule has 154 valence electrons. The molecule has 1 N–H and O–H groups in total. The molecule has 0 spiro atoms. The number of nitrogens with one attached hydrogen (secondary N) is 1. The van der Waals surface area contributed by atoms with Gasteiger partial charge < -0.3 is 9.64 Å². The van der Waals surface area contributed by atoms with E-state index in [0.29, 0.717) is 11.8 Å². The van der Waals surface area contributed by atoms with Crippen LogP contribution >= 0.6 is 0 Å². The van der Waals surface area contributed by atoms with E-state index >= 15 is 0 Å². The minimum atomic E-state index is -0.135.